The summed E-state index contributed by atoms with van der Waals surface area (Å²) < 4.78 is 0. The van der Waals surface area contributed by atoms with E-state index in [1.165, 1.54) is 57.2 Å². The molecule has 2 aliphatic rings. The lowest BCUT2D eigenvalue weighted by atomic mass is 10.2. The molecular weight excluding hydrogens is 184 g/mol. The minimum atomic E-state index is 0.727. The fourth-order valence-corrected chi connectivity index (χ4v) is 2.79. The SMILES string of the molecule is CC=C(NC1CCCC1)NC1CCCC1. The van der Waals surface area contributed by atoms with Gasteiger partial charge in [-0.05, 0) is 38.7 Å². The molecule has 0 atom stereocenters. The largest absolute Gasteiger partial charge is 0.369 e. The van der Waals surface area contributed by atoms with Crippen LogP contribution in [0.25, 0.3) is 0 Å². The van der Waals surface area contributed by atoms with Crippen LogP contribution in [0.1, 0.15) is 58.3 Å². The van der Waals surface area contributed by atoms with Crippen LogP contribution < -0.4 is 10.6 Å². The molecule has 2 rings (SSSR count). The number of allylic oxidation sites excluding steroid dienone is 1. The molecule has 0 unspecified atom stereocenters. The van der Waals surface area contributed by atoms with Crippen LogP contribution in [0.4, 0.5) is 0 Å². The van der Waals surface area contributed by atoms with Gasteiger partial charge in [0.2, 0.25) is 0 Å². The minimum Gasteiger partial charge on any atom is -0.369 e. The van der Waals surface area contributed by atoms with Crippen LogP contribution >= 0.6 is 0 Å². The van der Waals surface area contributed by atoms with Crippen LogP contribution in [0.3, 0.4) is 0 Å². The highest BCUT2D eigenvalue weighted by atomic mass is 15.1. The summed E-state index contributed by atoms with van der Waals surface area (Å²) in [4.78, 5) is 0. The Morgan fingerprint density at radius 3 is 1.60 bits per heavy atom. The van der Waals surface area contributed by atoms with Crippen LogP contribution in [0.5, 0.6) is 0 Å². The van der Waals surface area contributed by atoms with E-state index in [1.54, 1.807) is 0 Å². The maximum atomic E-state index is 3.64. The molecular formula is C13H24N2. The molecule has 2 fully saturated rings. The molecule has 0 aromatic rings. The minimum absolute atomic E-state index is 0.727. The topological polar surface area (TPSA) is 24.1 Å². The monoisotopic (exact) mass is 208 g/mol. The summed E-state index contributed by atoms with van der Waals surface area (Å²) in [5.74, 6) is 1.27. The van der Waals surface area contributed by atoms with Crippen molar-refractivity contribution < 1.29 is 0 Å². The van der Waals surface area contributed by atoms with E-state index in [1.807, 2.05) is 0 Å². The molecule has 2 N–H and O–H groups in total. The Kier molecular flexibility index (Phi) is 3.93. The van der Waals surface area contributed by atoms with E-state index >= 15 is 0 Å². The molecule has 0 heterocycles. The summed E-state index contributed by atoms with van der Waals surface area (Å²) in [6.07, 6.45) is 13.2. The summed E-state index contributed by atoms with van der Waals surface area (Å²) in [5.41, 5.74) is 0. The zero-order valence-electron chi connectivity index (χ0n) is 9.89. The van der Waals surface area contributed by atoms with E-state index in [9.17, 15) is 0 Å². The van der Waals surface area contributed by atoms with Gasteiger partial charge in [0, 0.05) is 12.1 Å². The van der Waals surface area contributed by atoms with Crippen LogP contribution in [0, 0.1) is 0 Å². The molecule has 0 bridgehead atoms. The highest BCUT2D eigenvalue weighted by Gasteiger charge is 2.18. The predicted octanol–water partition coefficient (Wildman–Crippen LogP) is 2.91. The molecule has 15 heavy (non-hydrogen) atoms. The van der Waals surface area contributed by atoms with Gasteiger partial charge in [0.25, 0.3) is 0 Å². The first-order valence-electron chi connectivity index (χ1n) is 6.58. The normalized spacial score (nSPS) is 23.0. The lowest BCUT2D eigenvalue weighted by Crippen LogP contribution is -2.37. The number of nitrogens with one attached hydrogen (secondary N) is 2. The number of rotatable bonds is 4. The van der Waals surface area contributed by atoms with Gasteiger partial charge < -0.3 is 10.6 Å². The van der Waals surface area contributed by atoms with E-state index in [0.717, 1.165) is 12.1 Å². The van der Waals surface area contributed by atoms with Crippen molar-refractivity contribution >= 4 is 0 Å². The molecule has 86 valence electrons. The Hall–Kier alpha value is -0.660. The van der Waals surface area contributed by atoms with Crippen LogP contribution in [-0.2, 0) is 0 Å². The fourth-order valence-electron chi connectivity index (χ4n) is 2.79. The first-order valence-corrected chi connectivity index (χ1v) is 6.58. The molecule has 0 radical (unpaired) electrons. The zero-order chi connectivity index (χ0) is 10.5. The second-order valence-electron chi connectivity index (χ2n) is 4.95. The summed E-state index contributed by atoms with van der Waals surface area (Å²) in [7, 11) is 0. The zero-order valence-corrected chi connectivity index (χ0v) is 9.89. The third-order valence-electron chi connectivity index (χ3n) is 3.72. The van der Waals surface area contributed by atoms with Crippen molar-refractivity contribution in [1.82, 2.24) is 10.6 Å². The molecule has 0 saturated heterocycles. The van der Waals surface area contributed by atoms with Crippen LogP contribution in [0.2, 0.25) is 0 Å². The van der Waals surface area contributed by atoms with Crippen LogP contribution in [-0.4, -0.2) is 12.1 Å². The average Bonchev–Trinajstić information content (AvgIpc) is 2.89. The molecule has 2 aliphatic carbocycles. The van der Waals surface area contributed by atoms with E-state index < -0.39 is 0 Å². The average molecular weight is 208 g/mol. The van der Waals surface area contributed by atoms with Gasteiger partial charge in [0.1, 0.15) is 0 Å². The quantitative estimate of drug-likeness (QED) is 0.742. The van der Waals surface area contributed by atoms with E-state index in [-0.39, 0.29) is 0 Å². The Morgan fingerprint density at radius 1 is 0.867 bits per heavy atom. The van der Waals surface area contributed by atoms with E-state index in [0.29, 0.717) is 0 Å². The van der Waals surface area contributed by atoms with Gasteiger partial charge >= 0.3 is 0 Å². The molecule has 2 nitrogen and oxygen atoms in total. The molecule has 0 amide bonds. The Labute approximate surface area is 93.5 Å². The van der Waals surface area contributed by atoms with Gasteiger partial charge in [-0.25, -0.2) is 0 Å². The summed E-state index contributed by atoms with van der Waals surface area (Å²) >= 11 is 0. The first-order chi connectivity index (χ1) is 7.38. The second kappa shape index (κ2) is 5.43. The third-order valence-corrected chi connectivity index (χ3v) is 3.72. The van der Waals surface area contributed by atoms with Crippen molar-refractivity contribution in [3.63, 3.8) is 0 Å². The molecule has 0 aromatic heterocycles. The highest BCUT2D eigenvalue weighted by molar-refractivity contribution is 5.00. The van der Waals surface area contributed by atoms with Gasteiger partial charge in [-0.15, -0.1) is 0 Å². The lowest BCUT2D eigenvalue weighted by molar-refractivity contribution is 0.499. The number of hydrogen-bond acceptors (Lipinski definition) is 2. The molecule has 2 heteroatoms. The Morgan fingerprint density at radius 2 is 1.27 bits per heavy atom. The smallest absolute Gasteiger partial charge is 0.0946 e. The Bertz CT molecular complexity index is 191. The molecule has 0 aromatic carbocycles. The second-order valence-corrected chi connectivity index (χ2v) is 4.95. The van der Waals surface area contributed by atoms with Crippen molar-refractivity contribution in [2.24, 2.45) is 0 Å². The van der Waals surface area contributed by atoms with Crippen molar-refractivity contribution in [3.05, 3.63) is 11.9 Å². The Balaban J connectivity index is 1.76. The van der Waals surface area contributed by atoms with Gasteiger partial charge in [0.15, 0.2) is 0 Å². The van der Waals surface area contributed by atoms with Crippen LogP contribution in [0.15, 0.2) is 11.9 Å². The van der Waals surface area contributed by atoms with Crippen molar-refractivity contribution in [2.75, 3.05) is 0 Å². The summed E-state index contributed by atoms with van der Waals surface area (Å²) in [6.45, 7) is 2.12. The maximum absolute atomic E-state index is 3.64. The van der Waals surface area contributed by atoms with Gasteiger partial charge in [-0.1, -0.05) is 25.7 Å². The fraction of sp³-hybridized carbons (Fsp3) is 0.846. The summed E-state index contributed by atoms with van der Waals surface area (Å²) in [5, 5.41) is 7.28. The highest BCUT2D eigenvalue weighted by Crippen LogP contribution is 2.20. The maximum Gasteiger partial charge on any atom is 0.0946 e. The van der Waals surface area contributed by atoms with Crippen molar-refractivity contribution in [2.45, 2.75) is 70.4 Å². The molecule has 0 aliphatic heterocycles. The number of hydrogen-bond donors (Lipinski definition) is 2. The third kappa shape index (κ3) is 3.15. The van der Waals surface area contributed by atoms with Gasteiger partial charge in [0.05, 0.1) is 5.82 Å². The van der Waals surface area contributed by atoms with Crippen molar-refractivity contribution in [1.29, 1.82) is 0 Å². The standard InChI is InChI=1S/C13H24N2/c1-2-13(14-11-7-3-4-8-11)15-12-9-5-6-10-12/h2,11-12,14-15H,3-10H2,1H3. The van der Waals surface area contributed by atoms with Crippen molar-refractivity contribution in [3.8, 4) is 0 Å². The summed E-state index contributed by atoms with van der Waals surface area (Å²) in [6, 6.07) is 1.45. The van der Waals surface area contributed by atoms with Gasteiger partial charge in [-0.3, -0.25) is 0 Å². The first kappa shape index (κ1) is 10.8. The lowest BCUT2D eigenvalue weighted by Gasteiger charge is -2.21. The van der Waals surface area contributed by atoms with E-state index in [2.05, 4.69) is 23.6 Å². The molecule has 0 spiro atoms. The van der Waals surface area contributed by atoms with Gasteiger partial charge in [-0.2, -0.15) is 0 Å². The van der Waals surface area contributed by atoms with E-state index in [4.69, 9.17) is 0 Å². The predicted molar refractivity (Wildman–Crippen MR) is 64.5 cm³/mol. The molecule has 2 saturated carbocycles.